The maximum Gasteiger partial charge on any atom is 0.183 e. The van der Waals surface area contributed by atoms with Crippen molar-refractivity contribution in [2.45, 2.75) is 6.92 Å². The Morgan fingerprint density at radius 1 is 1.59 bits per heavy atom. The fraction of sp³-hybridized carbons (Fsp3) is 0.273. The van der Waals surface area contributed by atoms with E-state index in [4.69, 9.17) is 10.00 Å². The van der Waals surface area contributed by atoms with Gasteiger partial charge in [-0.2, -0.15) is 5.26 Å². The average molecular weight is 253 g/mol. The second kappa shape index (κ2) is 6.11. The summed E-state index contributed by atoms with van der Waals surface area (Å²) in [7, 11) is 1.49. The number of hydrogen-bond acceptors (Lipinski definition) is 4. The Hall–Kier alpha value is -1.74. The fourth-order valence-corrected chi connectivity index (χ4v) is 1.51. The van der Waals surface area contributed by atoms with Gasteiger partial charge < -0.3 is 4.74 Å². The number of halogens is 1. The number of nitrogens with one attached hydrogen (secondary N) is 1. The lowest BCUT2D eigenvalue weighted by molar-refractivity contribution is 0.414. The molecule has 4 nitrogen and oxygen atoms in total. The lowest BCUT2D eigenvalue weighted by atomic mass is 10.2. The number of aliphatic imine (C=N–C) groups is 1. The number of aryl methyl sites for hydroxylation is 1. The van der Waals surface area contributed by atoms with Gasteiger partial charge in [-0.05, 0) is 24.8 Å². The first kappa shape index (κ1) is 13.3. The maximum atomic E-state index is 13.4. The molecular weight excluding hydrogens is 241 g/mol. The van der Waals surface area contributed by atoms with Gasteiger partial charge in [0.2, 0.25) is 0 Å². The zero-order valence-electron chi connectivity index (χ0n) is 9.74. The molecule has 0 aromatic heterocycles. The van der Waals surface area contributed by atoms with Crippen LogP contribution in [0.3, 0.4) is 0 Å². The van der Waals surface area contributed by atoms with Gasteiger partial charge in [0.15, 0.2) is 11.4 Å². The number of hydrogen-bond donors (Lipinski definition) is 1. The van der Waals surface area contributed by atoms with Crippen LogP contribution in [0.25, 0.3) is 0 Å². The van der Waals surface area contributed by atoms with Crippen LogP contribution in [0, 0.1) is 24.2 Å². The number of ether oxygens (including phenoxy) is 1. The van der Waals surface area contributed by atoms with E-state index >= 15 is 0 Å². The summed E-state index contributed by atoms with van der Waals surface area (Å²) in [5, 5.41) is 11.3. The standard InChI is InChI=1S/C11H12FN3OS/c1-7-4-10(16-2)9(5-8(7)12)15-11(17-3)14-6-13/h4-5H,1-3H3,(H,14,15). The van der Waals surface area contributed by atoms with Crippen LogP contribution in [0.5, 0.6) is 5.75 Å². The Labute approximate surface area is 103 Å². The van der Waals surface area contributed by atoms with Gasteiger partial charge in [-0.25, -0.2) is 9.38 Å². The summed E-state index contributed by atoms with van der Waals surface area (Å²) in [6.45, 7) is 1.65. The summed E-state index contributed by atoms with van der Waals surface area (Å²) in [5.74, 6) is 0.108. The van der Waals surface area contributed by atoms with Crippen LogP contribution in [0.2, 0.25) is 0 Å². The summed E-state index contributed by atoms with van der Waals surface area (Å²) in [6, 6.07) is 2.85. The van der Waals surface area contributed by atoms with E-state index in [9.17, 15) is 4.39 Å². The van der Waals surface area contributed by atoms with Crippen molar-refractivity contribution in [1.82, 2.24) is 5.32 Å². The third-order valence-electron chi connectivity index (χ3n) is 2.04. The molecule has 0 radical (unpaired) electrons. The van der Waals surface area contributed by atoms with E-state index in [0.29, 0.717) is 22.2 Å². The van der Waals surface area contributed by atoms with E-state index in [2.05, 4.69) is 10.3 Å². The third kappa shape index (κ3) is 3.36. The number of rotatable bonds is 2. The van der Waals surface area contributed by atoms with Crippen LogP contribution >= 0.6 is 11.8 Å². The van der Waals surface area contributed by atoms with Crippen molar-refractivity contribution in [1.29, 1.82) is 5.26 Å². The highest BCUT2D eigenvalue weighted by molar-refractivity contribution is 8.13. The molecule has 90 valence electrons. The van der Waals surface area contributed by atoms with E-state index in [-0.39, 0.29) is 5.82 Å². The lowest BCUT2D eigenvalue weighted by Gasteiger charge is -2.07. The number of nitriles is 1. The van der Waals surface area contributed by atoms with Crippen LogP contribution in [-0.4, -0.2) is 18.5 Å². The van der Waals surface area contributed by atoms with Crippen LogP contribution in [0.4, 0.5) is 10.1 Å². The molecule has 1 rings (SSSR count). The second-order valence-electron chi connectivity index (χ2n) is 3.13. The zero-order valence-corrected chi connectivity index (χ0v) is 10.6. The van der Waals surface area contributed by atoms with Crippen LogP contribution in [0.1, 0.15) is 5.56 Å². The molecule has 1 aromatic rings. The molecule has 1 N–H and O–H groups in total. The molecule has 0 saturated heterocycles. The van der Waals surface area contributed by atoms with E-state index in [1.807, 2.05) is 0 Å². The summed E-state index contributed by atoms with van der Waals surface area (Å²) in [4.78, 5) is 4.12. The molecule has 0 aliphatic carbocycles. The molecule has 0 saturated carbocycles. The van der Waals surface area contributed by atoms with E-state index in [1.165, 1.54) is 24.9 Å². The van der Waals surface area contributed by atoms with Gasteiger partial charge >= 0.3 is 0 Å². The first-order chi connectivity index (χ1) is 8.12. The van der Waals surface area contributed by atoms with Gasteiger partial charge in [-0.3, -0.25) is 5.32 Å². The van der Waals surface area contributed by atoms with Crippen LogP contribution in [-0.2, 0) is 0 Å². The predicted molar refractivity (Wildman–Crippen MR) is 67.0 cm³/mol. The minimum absolute atomic E-state index is 0.350. The zero-order chi connectivity index (χ0) is 12.8. The van der Waals surface area contributed by atoms with Gasteiger partial charge in [-0.1, -0.05) is 11.8 Å². The molecule has 6 heteroatoms. The maximum absolute atomic E-state index is 13.4. The van der Waals surface area contributed by atoms with Crippen LogP contribution < -0.4 is 10.1 Å². The molecule has 0 aliphatic heterocycles. The second-order valence-corrected chi connectivity index (χ2v) is 3.93. The van der Waals surface area contributed by atoms with E-state index in [0.717, 1.165) is 0 Å². The molecular formula is C11H12FN3OS. The Kier molecular flexibility index (Phi) is 4.79. The normalized spacial score (nSPS) is 10.9. The molecule has 17 heavy (non-hydrogen) atoms. The Morgan fingerprint density at radius 2 is 2.29 bits per heavy atom. The molecule has 0 fully saturated rings. The molecule has 0 spiro atoms. The topological polar surface area (TPSA) is 57.4 Å². The summed E-state index contributed by atoms with van der Waals surface area (Å²) in [5.41, 5.74) is 0.836. The van der Waals surface area contributed by atoms with Crippen LogP contribution in [0.15, 0.2) is 17.1 Å². The molecule has 0 heterocycles. The first-order valence-electron chi connectivity index (χ1n) is 4.74. The minimum atomic E-state index is -0.359. The summed E-state index contributed by atoms with van der Waals surface area (Å²) in [6.07, 6.45) is 3.53. The van der Waals surface area contributed by atoms with E-state index < -0.39 is 0 Å². The lowest BCUT2D eigenvalue weighted by Crippen LogP contribution is -2.12. The van der Waals surface area contributed by atoms with Gasteiger partial charge in [0.05, 0.1) is 7.11 Å². The number of benzene rings is 1. The average Bonchev–Trinajstić information content (AvgIpc) is 2.32. The highest BCUT2D eigenvalue weighted by Gasteiger charge is 2.08. The molecule has 0 atom stereocenters. The predicted octanol–water partition coefficient (Wildman–Crippen LogP) is 2.56. The molecule has 0 unspecified atom stereocenters. The minimum Gasteiger partial charge on any atom is -0.494 e. The molecule has 0 aliphatic rings. The van der Waals surface area contributed by atoms with Gasteiger partial charge in [0.25, 0.3) is 0 Å². The summed E-state index contributed by atoms with van der Waals surface area (Å²) < 4.78 is 18.5. The quantitative estimate of drug-likeness (QED) is 0.381. The van der Waals surface area contributed by atoms with Crippen molar-refractivity contribution >= 4 is 22.6 Å². The van der Waals surface area contributed by atoms with Crippen molar-refractivity contribution in [2.24, 2.45) is 4.99 Å². The van der Waals surface area contributed by atoms with Gasteiger partial charge in [0, 0.05) is 6.07 Å². The highest BCUT2D eigenvalue weighted by atomic mass is 32.2. The van der Waals surface area contributed by atoms with Gasteiger partial charge in [0.1, 0.15) is 17.3 Å². The van der Waals surface area contributed by atoms with Crippen molar-refractivity contribution in [3.05, 3.63) is 23.5 Å². The Balaban J connectivity index is 3.21. The highest BCUT2D eigenvalue weighted by Crippen LogP contribution is 2.30. The van der Waals surface area contributed by atoms with Gasteiger partial charge in [-0.15, -0.1) is 0 Å². The summed E-state index contributed by atoms with van der Waals surface area (Å²) >= 11 is 1.26. The smallest absolute Gasteiger partial charge is 0.183 e. The molecule has 0 bridgehead atoms. The molecule has 0 amide bonds. The monoisotopic (exact) mass is 253 g/mol. The van der Waals surface area contributed by atoms with Crippen molar-refractivity contribution < 1.29 is 9.13 Å². The third-order valence-corrected chi connectivity index (χ3v) is 2.62. The largest absolute Gasteiger partial charge is 0.494 e. The van der Waals surface area contributed by atoms with Crippen molar-refractivity contribution in [3.8, 4) is 11.9 Å². The number of amidine groups is 1. The number of nitrogens with zero attached hydrogens (tertiary/aromatic N) is 2. The van der Waals surface area contributed by atoms with Crippen molar-refractivity contribution in [2.75, 3.05) is 13.4 Å². The number of thioether (sulfide) groups is 1. The molecule has 1 aromatic carbocycles. The van der Waals surface area contributed by atoms with Crippen molar-refractivity contribution in [3.63, 3.8) is 0 Å². The Bertz CT molecular complexity index is 482. The SMILES string of the molecule is COc1cc(C)c(F)cc1N=C(NC#N)SC. The van der Waals surface area contributed by atoms with E-state index in [1.54, 1.807) is 25.4 Å². The Morgan fingerprint density at radius 3 is 2.82 bits per heavy atom. The first-order valence-corrected chi connectivity index (χ1v) is 5.96. The number of methoxy groups -OCH3 is 1. The fourth-order valence-electron chi connectivity index (χ4n) is 1.18.